The van der Waals surface area contributed by atoms with Gasteiger partial charge in [0.1, 0.15) is 6.54 Å². The monoisotopic (exact) mass is 308 g/mol. The normalized spacial score (nSPS) is 12.6. The molecule has 2 aromatic rings. The molecule has 21 heavy (non-hydrogen) atoms. The number of aliphatic hydroxyl groups excluding tert-OH is 1. The Hall–Kier alpha value is -1.73. The van der Waals surface area contributed by atoms with Gasteiger partial charge >= 0.3 is 0 Å². The summed E-state index contributed by atoms with van der Waals surface area (Å²) in [6, 6.07) is 4.03. The summed E-state index contributed by atoms with van der Waals surface area (Å²) < 4.78 is 1.49. The van der Waals surface area contributed by atoms with Crippen molar-refractivity contribution in [3.8, 4) is 0 Å². The fraction of sp³-hybridized carbons (Fsp3) is 0.500. The Balaban J connectivity index is 1.96. The van der Waals surface area contributed by atoms with Gasteiger partial charge in [-0.25, -0.2) is 4.68 Å². The highest BCUT2D eigenvalue weighted by Crippen LogP contribution is 2.25. The fourth-order valence-corrected chi connectivity index (χ4v) is 2.99. The van der Waals surface area contributed by atoms with E-state index in [0.29, 0.717) is 18.0 Å². The summed E-state index contributed by atoms with van der Waals surface area (Å²) in [6.45, 7) is 4.32. The van der Waals surface area contributed by atoms with Crippen LogP contribution in [0.5, 0.6) is 0 Å². The van der Waals surface area contributed by atoms with E-state index in [4.69, 9.17) is 5.11 Å². The molecular formula is C14H20N4O2S. The van der Waals surface area contributed by atoms with Crippen LogP contribution in [-0.2, 0) is 17.8 Å². The molecule has 0 saturated carbocycles. The molecular weight excluding hydrogens is 288 g/mol. The first-order valence-electron chi connectivity index (χ1n) is 6.92. The molecule has 0 spiro atoms. The molecule has 0 aliphatic heterocycles. The molecule has 1 amide bonds. The van der Waals surface area contributed by atoms with Gasteiger partial charge in [-0.1, -0.05) is 25.1 Å². The van der Waals surface area contributed by atoms with Gasteiger partial charge in [-0.3, -0.25) is 4.79 Å². The van der Waals surface area contributed by atoms with Crippen LogP contribution in [-0.4, -0.2) is 32.6 Å². The van der Waals surface area contributed by atoms with E-state index in [2.05, 4.69) is 29.5 Å². The van der Waals surface area contributed by atoms with Crippen LogP contribution in [0.15, 0.2) is 23.7 Å². The van der Waals surface area contributed by atoms with Crippen molar-refractivity contribution in [2.75, 3.05) is 6.61 Å². The number of thiophene rings is 1. The molecule has 0 aromatic carbocycles. The number of aliphatic hydroxyl groups is 1. The molecule has 114 valence electrons. The van der Waals surface area contributed by atoms with Crippen LogP contribution < -0.4 is 5.32 Å². The van der Waals surface area contributed by atoms with E-state index in [-0.39, 0.29) is 25.1 Å². The molecule has 0 aliphatic rings. The number of carbonyl (C=O) groups excluding carboxylic acids is 1. The van der Waals surface area contributed by atoms with Crippen LogP contribution in [0, 0.1) is 5.92 Å². The molecule has 0 fully saturated rings. The number of rotatable bonds is 7. The number of nitrogens with zero attached hydrogens (tertiary/aromatic N) is 3. The Morgan fingerprint density at radius 3 is 2.95 bits per heavy atom. The summed E-state index contributed by atoms with van der Waals surface area (Å²) in [5.74, 6) is 0.218. The summed E-state index contributed by atoms with van der Waals surface area (Å²) in [5.41, 5.74) is 0.684. The van der Waals surface area contributed by atoms with Gasteiger partial charge in [-0.15, -0.1) is 16.4 Å². The van der Waals surface area contributed by atoms with Crippen molar-refractivity contribution in [3.05, 3.63) is 34.3 Å². The van der Waals surface area contributed by atoms with Crippen molar-refractivity contribution in [1.82, 2.24) is 20.3 Å². The van der Waals surface area contributed by atoms with Crippen LogP contribution in [0.2, 0.25) is 0 Å². The Bertz CT molecular complexity index is 565. The summed E-state index contributed by atoms with van der Waals surface area (Å²) in [6.07, 6.45) is 2.14. The minimum Gasteiger partial charge on any atom is -0.396 e. The third kappa shape index (κ3) is 4.37. The maximum atomic E-state index is 12.1. The van der Waals surface area contributed by atoms with Crippen molar-refractivity contribution in [3.63, 3.8) is 0 Å². The van der Waals surface area contributed by atoms with Gasteiger partial charge in [0, 0.05) is 24.1 Å². The number of hydrogen-bond donors (Lipinski definition) is 2. The van der Waals surface area contributed by atoms with Crippen LogP contribution in [0.25, 0.3) is 0 Å². The third-order valence-electron chi connectivity index (χ3n) is 3.09. The molecule has 1 unspecified atom stereocenters. The van der Waals surface area contributed by atoms with E-state index in [1.807, 2.05) is 17.5 Å². The Kier molecular flexibility index (Phi) is 5.46. The number of aromatic nitrogens is 3. The number of nitrogens with one attached hydrogen (secondary N) is 1. The zero-order valence-electron chi connectivity index (χ0n) is 12.2. The van der Waals surface area contributed by atoms with Crippen molar-refractivity contribution >= 4 is 17.2 Å². The molecule has 7 heteroatoms. The van der Waals surface area contributed by atoms with Gasteiger partial charge in [0.15, 0.2) is 0 Å². The van der Waals surface area contributed by atoms with Gasteiger partial charge < -0.3 is 10.4 Å². The number of hydrogen-bond acceptors (Lipinski definition) is 5. The molecule has 0 bridgehead atoms. The van der Waals surface area contributed by atoms with E-state index in [9.17, 15) is 4.79 Å². The highest BCUT2D eigenvalue weighted by molar-refractivity contribution is 7.10. The van der Waals surface area contributed by atoms with E-state index < -0.39 is 0 Å². The second kappa shape index (κ2) is 7.33. The van der Waals surface area contributed by atoms with Crippen molar-refractivity contribution in [2.24, 2.45) is 5.92 Å². The standard InChI is InChI=1S/C14H20N4O2S/c1-10(2)14(12-4-3-7-21-12)15-13(20)9-18-8-11(5-6-19)16-17-18/h3-4,7-8,10,14,19H,5-6,9H2,1-2H3,(H,15,20). The molecule has 6 nitrogen and oxygen atoms in total. The van der Waals surface area contributed by atoms with Crippen LogP contribution in [0.4, 0.5) is 0 Å². The summed E-state index contributed by atoms with van der Waals surface area (Å²) in [5, 5.41) is 21.7. The van der Waals surface area contributed by atoms with Gasteiger partial charge in [0.25, 0.3) is 0 Å². The minimum atomic E-state index is -0.0949. The zero-order chi connectivity index (χ0) is 15.2. The molecule has 0 aliphatic carbocycles. The van der Waals surface area contributed by atoms with E-state index in [1.54, 1.807) is 17.5 Å². The lowest BCUT2D eigenvalue weighted by Crippen LogP contribution is -2.33. The highest BCUT2D eigenvalue weighted by atomic mass is 32.1. The lowest BCUT2D eigenvalue weighted by Gasteiger charge is -2.21. The topological polar surface area (TPSA) is 80.0 Å². The first kappa shape index (κ1) is 15.7. The zero-order valence-corrected chi connectivity index (χ0v) is 13.0. The SMILES string of the molecule is CC(C)C(NC(=O)Cn1cc(CCO)nn1)c1cccs1. The van der Waals surface area contributed by atoms with E-state index >= 15 is 0 Å². The highest BCUT2D eigenvalue weighted by Gasteiger charge is 2.19. The molecule has 0 saturated heterocycles. The molecule has 2 N–H and O–H groups in total. The van der Waals surface area contributed by atoms with Gasteiger partial charge in [-0.2, -0.15) is 0 Å². The van der Waals surface area contributed by atoms with Crippen LogP contribution in [0.3, 0.4) is 0 Å². The smallest absolute Gasteiger partial charge is 0.242 e. The minimum absolute atomic E-state index is 0.0120. The predicted molar refractivity (Wildman–Crippen MR) is 80.9 cm³/mol. The van der Waals surface area contributed by atoms with E-state index in [1.165, 1.54) is 4.68 Å². The largest absolute Gasteiger partial charge is 0.396 e. The van der Waals surface area contributed by atoms with Crippen LogP contribution >= 0.6 is 11.3 Å². The number of amides is 1. The third-order valence-corrected chi connectivity index (χ3v) is 4.05. The number of carbonyl (C=O) groups is 1. The lowest BCUT2D eigenvalue weighted by molar-refractivity contribution is -0.122. The van der Waals surface area contributed by atoms with Crippen molar-refractivity contribution < 1.29 is 9.90 Å². The summed E-state index contributed by atoms with van der Waals surface area (Å²) >= 11 is 1.64. The summed E-state index contributed by atoms with van der Waals surface area (Å²) in [4.78, 5) is 13.3. The lowest BCUT2D eigenvalue weighted by atomic mass is 10.0. The average molecular weight is 308 g/mol. The molecule has 2 aromatic heterocycles. The Morgan fingerprint density at radius 1 is 1.52 bits per heavy atom. The average Bonchev–Trinajstić information content (AvgIpc) is 3.08. The van der Waals surface area contributed by atoms with Crippen molar-refractivity contribution in [2.45, 2.75) is 32.9 Å². The second-order valence-electron chi connectivity index (χ2n) is 5.19. The predicted octanol–water partition coefficient (Wildman–Crippen LogP) is 1.39. The van der Waals surface area contributed by atoms with Crippen molar-refractivity contribution in [1.29, 1.82) is 0 Å². The maximum absolute atomic E-state index is 12.1. The van der Waals surface area contributed by atoms with Crippen LogP contribution in [0.1, 0.15) is 30.5 Å². The Labute approximate surface area is 127 Å². The Morgan fingerprint density at radius 2 is 2.33 bits per heavy atom. The van der Waals surface area contributed by atoms with Gasteiger partial charge in [-0.05, 0) is 17.4 Å². The molecule has 2 heterocycles. The first-order valence-corrected chi connectivity index (χ1v) is 7.80. The fourth-order valence-electron chi connectivity index (χ4n) is 2.05. The van der Waals surface area contributed by atoms with Gasteiger partial charge in [0.05, 0.1) is 11.7 Å². The van der Waals surface area contributed by atoms with Gasteiger partial charge in [0.2, 0.25) is 5.91 Å². The summed E-state index contributed by atoms with van der Waals surface area (Å²) in [7, 11) is 0. The molecule has 2 rings (SSSR count). The molecule has 0 radical (unpaired) electrons. The quantitative estimate of drug-likeness (QED) is 0.810. The maximum Gasteiger partial charge on any atom is 0.242 e. The second-order valence-corrected chi connectivity index (χ2v) is 6.16. The molecule has 1 atom stereocenters. The first-order chi connectivity index (χ1) is 10.1. The van der Waals surface area contributed by atoms with E-state index in [0.717, 1.165) is 4.88 Å².